The molecule has 4 nitrogen and oxygen atoms in total. The zero-order valence-corrected chi connectivity index (χ0v) is 10.3. The van der Waals surface area contributed by atoms with Crippen molar-refractivity contribution in [1.82, 2.24) is 4.98 Å². The minimum Gasteiger partial charge on any atom is -0.345 e. The second-order valence-electron chi connectivity index (χ2n) is 3.13. The average Bonchev–Trinajstić information content (AvgIpc) is 2.01. The summed E-state index contributed by atoms with van der Waals surface area (Å²) in [5.41, 5.74) is 0.376. The molecule has 0 unspecified atom stereocenters. The number of hydrogen-bond donors (Lipinski definition) is 2. The first kappa shape index (κ1) is 11.5. The number of pyridine rings is 1. The van der Waals surface area contributed by atoms with Crippen LogP contribution < -0.4 is 0 Å². The summed E-state index contributed by atoms with van der Waals surface area (Å²) in [6.45, 7) is 0. The number of thiol groups is 1. The summed E-state index contributed by atoms with van der Waals surface area (Å²) in [6.07, 6.45) is 6.11. The third-order valence-corrected chi connectivity index (χ3v) is 2.39. The average molecular weight is 279 g/mol. The first-order chi connectivity index (χ1) is 6.38. The lowest BCUT2D eigenvalue weighted by Gasteiger charge is -2.08. The van der Waals surface area contributed by atoms with Crippen LogP contribution in [0.25, 0.3) is 0 Å². The van der Waals surface area contributed by atoms with Gasteiger partial charge in [0.15, 0.2) is 0 Å². The molecule has 0 atom stereocenters. The molecule has 14 heavy (non-hydrogen) atoms. The Kier molecular flexibility index (Phi) is 3.52. The number of halogens is 1. The Morgan fingerprint density at radius 1 is 1.57 bits per heavy atom. The van der Waals surface area contributed by atoms with E-state index in [1.54, 1.807) is 24.8 Å². The van der Waals surface area contributed by atoms with Crippen molar-refractivity contribution in [3.05, 3.63) is 28.5 Å². The Hall–Kier alpha value is -0.590. The van der Waals surface area contributed by atoms with Gasteiger partial charge in [0.2, 0.25) is 0 Å². The van der Waals surface area contributed by atoms with Crippen molar-refractivity contribution in [3.63, 3.8) is 0 Å². The van der Waals surface area contributed by atoms with Gasteiger partial charge in [-0.25, -0.2) is 0 Å². The summed E-state index contributed by atoms with van der Waals surface area (Å²) >= 11 is 3.20. The number of hydrogen-bond acceptors (Lipinski definition) is 2. The smallest absolute Gasteiger partial charge is 0.284 e. The van der Waals surface area contributed by atoms with Crippen molar-refractivity contribution < 1.29 is 9.35 Å². The standard InChI is InChI=1S/C8H11BrN2O2S/c1-14(2,13)11-8(12)6-3-7(9)5-10-4-6/h3-5,14H,1-2H3,(H,11,12,13). The van der Waals surface area contributed by atoms with E-state index in [1.165, 1.54) is 6.20 Å². The topological polar surface area (TPSA) is 62.6 Å². The molecule has 0 radical (unpaired) electrons. The van der Waals surface area contributed by atoms with Crippen LogP contribution in [-0.2, 0) is 10.1 Å². The van der Waals surface area contributed by atoms with Gasteiger partial charge in [0.05, 0.1) is 5.56 Å². The van der Waals surface area contributed by atoms with Crippen LogP contribution in [0.1, 0.15) is 10.4 Å². The van der Waals surface area contributed by atoms with E-state index < -0.39 is 16.0 Å². The normalized spacial score (nSPS) is 12.3. The summed E-state index contributed by atoms with van der Waals surface area (Å²) in [6, 6.07) is 1.62. The van der Waals surface area contributed by atoms with Gasteiger partial charge in [0, 0.05) is 16.9 Å². The fourth-order valence-electron chi connectivity index (χ4n) is 0.809. The minimum atomic E-state index is -2.42. The molecular weight excluding hydrogens is 268 g/mol. The lowest BCUT2D eigenvalue weighted by molar-refractivity contribution is 0.100. The molecule has 1 heterocycles. The van der Waals surface area contributed by atoms with E-state index in [9.17, 15) is 9.35 Å². The molecule has 0 aliphatic heterocycles. The quantitative estimate of drug-likeness (QED) is 0.770. The number of rotatable bonds is 1. The van der Waals surface area contributed by atoms with Gasteiger partial charge in [-0.1, -0.05) is 0 Å². The molecule has 0 spiro atoms. The van der Waals surface area contributed by atoms with E-state index in [1.807, 2.05) is 0 Å². The molecular formula is C8H11BrN2O2S. The molecule has 0 fully saturated rings. The Bertz CT molecular complexity index is 405. The predicted octanol–water partition coefficient (Wildman–Crippen LogP) is 1.79. The van der Waals surface area contributed by atoms with Gasteiger partial charge in [-0.2, -0.15) is 4.36 Å². The maximum atomic E-state index is 11.5. The number of nitrogens with zero attached hydrogens (tertiary/aromatic N) is 2. The third kappa shape index (κ3) is 3.65. The van der Waals surface area contributed by atoms with Gasteiger partial charge in [0.1, 0.15) is 0 Å². The zero-order chi connectivity index (χ0) is 10.8. The van der Waals surface area contributed by atoms with Crippen molar-refractivity contribution in [2.24, 2.45) is 4.36 Å². The van der Waals surface area contributed by atoms with Crippen LogP contribution in [0.15, 0.2) is 27.3 Å². The number of carbonyl (C=O) groups excluding carboxylic acids is 1. The van der Waals surface area contributed by atoms with E-state index in [4.69, 9.17) is 0 Å². The van der Waals surface area contributed by atoms with Gasteiger partial charge >= 0.3 is 0 Å². The van der Waals surface area contributed by atoms with Crippen LogP contribution in [-0.4, -0.2) is 28.0 Å². The number of aromatic nitrogens is 1. The first-order valence-electron chi connectivity index (χ1n) is 3.83. The monoisotopic (exact) mass is 278 g/mol. The van der Waals surface area contributed by atoms with E-state index in [0.717, 1.165) is 0 Å². The second kappa shape index (κ2) is 4.29. The zero-order valence-electron chi connectivity index (χ0n) is 7.81. The molecule has 0 aromatic carbocycles. The van der Waals surface area contributed by atoms with Crippen LogP contribution in [0.4, 0.5) is 0 Å². The Labute approximate surface area is 91.8 Å². The van der Waals surface area contributed by atoms with Gasteiger partial charge < -0.3 is 4.55 Å². The van der Waals surface area contributed by atoms with Crippen molar-refractivity contribution in [3.8, 4) is 0 Å². The van der Waals surface area contributed by atoms with E-state index in [-0.39, 0.29) is 0 Å². The highest BCUT2D eigenvalue weighted by Crippen LogP contribution is 2.11. The summed E-state index contributed by atoms with van der Waals surface area (Å²) in [4.78, 5) is 15.3. The largest absolute Gasteiger partial charge is 0.345 e. The van der Waals surface area contributed by atoms with Gasteiger partial charge in [-0.05, 0) is 34.5 Å². The first-order valence-corrected chi connectivity index (χ1v) is 7.21. The summed E-state index contributed by atoms with van der Waals surface area (Å²) in [5.74, 6) is -0.431. The van der Waals surface area contributed by atoms with E-state index >= 15 is 0 Å². The fraction of sp³-hybridized carbons (Fsp3) is 0.250. The molecule has 1 aromatic heterocycles. The Morgan fingerprint density at radius 3 is 2.71 bits per heavy atom. The van der Waals surface area contributed by atoms with Crippen LogP contribution in [0, 0.1) is 0 Å². The van der Waals surface area contributed by atoms with Crippen molar-refractivity contribution in [2.75, 3.05) is 12.5 Å². The highest BCUT2D eigenvalue weighted by atomic mass is 79.9. The molecule has 1 amide bonds. The molecule has 78 valence electrons. The molecule has 0 saturated carbocycles. The van der Waals surface area contributed by atoms with Crippen molar-refractivity contribution in [2.45, 2.75) is 0 Å². The minimum absolute atomic E-state index is 0.376. The molecule has 1 N–H and O–H groups in total. The Morgan fingerprint density at radius 2 is 2.21 bits per heavy atom. The van der Waals surface area contributed by atoms with Crippen LogP contribution in [0.5, 0.6) is 0 Å². The maximum Gasteiger partial charge on any atom is 0.284 e. The molecule has 1 rings (SSSR count). The SMILES string of the molecule is C[SH](C)(O)=NC(=O)c1cncc(Br)c1. The Balaban J connectivity index is 3.03. The molecule has 0 bridgehead atoms. The maximum absolute atomic E-state index is 11.5. The van der Waals surface area contributed by atoms with Gasteiger partial charge in [-0.15, -0.1) is 10.1 Å². The lowest BCUT2D eigenvalue weighted by atomic mass is 10.3. The summed E-state index contributed by atoms with van der Waals surface area (Å²) in [7, 11) is -2.42. The van der Waals surface area contributed by atoms with Gasteiger partial charge in [0.25, 0.3) is 5.91 Å². The van der Waals surface area contributed by atoms with Gasteiger partial charge in [-0.3, -0.25) is 9.78 Å². The van der Waals surface area contributed by atoms with Crippen LogP contribution in [0.2, 0.25) is 0 Å². The highest BCUT2D eigenvalue weighted by molar-refractivity contribution is 9.10. The van der Waals surface area contributed by atoms with Crippen LogP contribution >= 0.6 is 15.9 Å². The molecule has 0 saturated heterocycles. The molecule has 6 heteroatoms. The second-order valence-corrected chi connectivity index (χ2v) is 6.92. The summed E-state index contributed by atoms with van der Waals surface area (Å²) < 4.78 is 13.8. The molecule has 0 aliphatic rings. The number of amides is 1. The highest BCUT2D eigenvalue weighted by Gasteiger charge is 2.06. The fourth-order valence-corrected chi connectivity index (χ4v) is 1.73. The molecule has 1 aromatic rings. The predicted molar refractivity (Wildman–Crippen MR) is 61.9 cm³/mol. The van der Waals surface area contributed by atoms with Crippen molar-refractivity contribution >= 4 is 31.9 Å². The number of carbonyl (C=O) groups is 1. The van der Waals surface area contributed by atoms with Crippen molar-refractivity contribution in [1.29, 1.82) is 0 Å². The van der Waals surface area contributed by atoms with Crippen LogP contribution in [0.3, 0.4) is 0 Å². The lowest BCUT2D eigenvalue weighted by Crippen LogP contribution is -2.08. The van der Waals surface area contributed by atoms with E-state index in [0.29, 0.717) is 10.0 Å². The van der Waals surface area contributed by atoms with E-state index in [2.05, 4.69) is 25.3 Å². The third-order valence-electron chi connectivity index (χ3n) is 1.29. The summed E-state index contributed by atoms with van der Waals surface area (Å²) in [5, 5.41) is 0. The molecule has 0 aliphatic carbocycles.